The van der Waals surface area contributed by atoms with Crippen molar-refractivity contribution in [2.75, 3.05) is 19.6 Å². The molecule has 3 rings (SSSR count). The number of carbonyl (C=O) groups excluding carboxylic acids is 1. The van der Waals surface area contributed by atoms with E-state index in [1.54, 1.807) is 0 Å². The molecule has 138 valence electrons. The highest BCUT2D eigenvalue weighted by atomic mass is 35.5. The summed E-state index contributed by atoms with van der Waals surface area (Å²) in [5.74, 6) is 0.746. The van der Waals surface area contributed by atoms with Gasteiger partial charge in [0.1, 0.15) is 5.82 Å². The number of aromatic nitrogens is 1. The Labute approximate surface area is 154 Å². The van der Waals surface area contributed by atoms with E-state index in [1.807, 2.05) is 4.90 Å². The summed E-state index contributed by atoms with van der Waals surface area (Å²) in [7, 11) is 0. The van der Waals surface area contributed by atoms with Gasteiger partial charge in [-0.25, -0.2) is 4.39 Å². The average molecular weight is 368 g/mol. The van der Waals surface area contributed by atoms with E-state index < -0.39 is 0 Å². The fourth-order valence-corrected chi connectivity index (χ4v) is 4.46. The topological polar surface area (TPSA) is 45.2 Å². The maximum absolute atomic E-state index is 13.1. The van der Waals surface area contributed by atoms with E-state index in [9.17, 15) is 9.18 Å². The van der Waals surface area contributed by atoms with Crippen LogP contribution in [-0.2, 0) is 4.79 Å². The molecule has 1 aromatic heterocycles. The van der Waals surface area contributed by atoms with Gasteiger partial charge < -0.3 is 10.2 Å². The zero-order valence-electron chi connectivity index (χ0n) is 14.6. The van der Waals surface area contributed by atoms with E-state index in [1.165, 1.54) is 31.5 Å². The van der Waals surface area contributed by atoms with E-state index in [-0.39, 0.29) is 5.82 Å². The largest absolute Gasteiger partial charge is 0.345 e. The summed E-state index contributed by atoms with van der Waals surface area (Å²) >= 11 is 6.15. The van der Waals surface area contributed by atoms with Crippen LogP contribution in [0.25, 0.3) is 0 Å². The molecule has 0 spiro atoms. The van der Waals surface area contributed by atoms with E-state index >= 15 is 0 Å². The number of piperidine rings is 1. The van der Waals surface area contributed by atoms with E-state index in [0.717, 1.165) is 63.3 Å². The maximum atomic E-state index is 13.1. The molecule has 4 nitrogen and oxygen atoms in total. The van der Waals surface area contributed by atoms with Crippen LogP contribution in [0.15, 0.2) is 12.3 Å². The Morgan fingerprint density at radius 1 is 1.24 bits per heavy atom. The molecular formula is C19H27ClFN3O. The molecule has 1 aliphatic heterocycles. The van der Waals surface area contributed by atoms with Crippen LogP contribution < -0.4 is 5.32 Å². The van der Waals surface area contributed by atoms with Crippen LogP contribution in [0.3, 0.4) is 0 Å². The average Bonchev–Trinajstić information content (AvgIpc) is 2.63. The van der Waals surface area contributed by atoms with E-state index in [4.69, 9.17) is 11.6 Å². The number of carbonyl (C=O) groups is 1. The Bertz CT molecular complexity index is 570. The van der Waals surface area contributed by atoms with Gasteiger partial charge in [0, 0.05) is 25.0 Å². The molecule has 0 radical (unpaired) electrons. The molecule has 1 aromatic rings. The van der Waals surface area contributed by atoms with Gasteiger partial charge in [-0.05, 0) is 63.5 Å². The first-order valence-corrected chi connectivity index (χ1v) is 9.77. The number of rotatable bonds is 6. The lowest BCUT2D eigenvalue weighted by atomic mass is 9.79. The summed E-state index contributed by atoms with van der Waals surface area (Å²) in [6, 6.07) is 1.92. The van der Waals surface area contributed by atoms with Crippen LogP contribution in [0.5, 0.6) is 0 Å². The fourth-order valence-electron chi connectivity index (χ4n) is 4.15. The third-order valence-electron chi connectivity index (χ3n) is 5.73. The monoisotopic (exact) mass is 367 g/mol. The summed E-state index contributed by atoms with van der Waals surface area (Å²) in [4.78, 5) is 16.8. The number of nitrogens with one attached hydrogen (secondary N) is 1. The minimum atomic E-state index is -0.368. The molecule has 0 bridgehead atoms. The molecule has 2 fully saturated rings. The van der Waals surface area contributed by atoms with Crippen molar-refractivity contribution in [3.05, 3.63) is 28.8 Å². The molecule has 25 heavy (non-hydrogen) atoms. The van der Waals surface area contributed by atoms with Gasteiger partial charge in [-0.3, -0.25) is 9.78 Å². The molecule has 1 saturated heterocycles. The molecule has 1 N–H and O–H groups in total. The van der Waals surface area contributed by atoms with Crippen molar-refractivity contribution in [3.8, 4) is 0 Å². The lowest BCUT2D eigenvalue weighted by molar-refractivity contribution is -0.119. The number of hydrogen-bond acceptors (Lipinski definition) is 3. The molecule has 0 aromatic carbocycles. The van der Waals surface area contributed by atoms with Crippen LogP contribution in [0, 0.1) is 11.7 Å². The quantitative estimate of drug-likeness (QED) is 0.779. The van der Waals surface area contributed by atoms with Gasteiger partial charge in [-0.15, -0.1) is 0 Å². The number of nitrogens with zero attached hydrogens (tertiary/aromatic N) is 2. The third-order valence-corrected chi connectivity index (χ3v) is 6.04. The second-order valence-corrected chi connectivity index (χ2v) is 7.80. The summed E-state index contributed by atoms with van der Waals surface area (Å²) in [5, 5.41) is 4.12. The normalized spacial score (nSPS) is 25.1. The Hall–Kier alpha value is -1.20. The number of likely N-dealkylation sites (tertiary alicyclic amines) is 1. The van der Waals surface area contributed by atoms with Gasteiger partial charge in [0.25, 0.3) is 0 Å². The molecular weight excluding hydrogens is 341 g/mol. The molecule has 2 heterocycles. The van der Waals surface area contributed by atoms with Gasteiger partial charge in [0.05, 0.1) is 16.9 Å². The number of pyridine rings is 1. The van der Waals surface area contributed by atoms with Crippen molar-refractivity contribution in [1.82, 2.24) is 15.2 Å². The van der Waals surface area contributed by atoms with Crippen LogP contribution in [-0.4, -0.2) is 42.0 Å². The van der Waals surface area contributed by atoms with E-state index in [0.29, 0.717) is 17.0 Å². The zero-order valence-corrected chi connectivity index (χ0v) is 15.3. The summed E-state index contributed by atoms with van der Waals surface area (Å²) in [6.45, 7) is 2.80. The second kappa shape index (κ2) is 8.95. The van der Waals surface area contributed by atoms with Crippen LogP contribution in [0.2, 0.25) is 5.02 Å². The first-order valence-electron chi connectivity index (χ1n) is 9.39. The van der Waals surface area contributed by atoms with Crippen molar-refractivity contribution in [1.29, 1.82) is 0 Å². The van der Waals surface area contributed by atoms with Gasteiger partial charge in [-0.2, -0.15) is 0 Å². The predicted molar refractivity (Wildman–Crippen MR) is 97.2 cm³/mol. The van der Waals surface area contributed by atoms with E-state index in [2.05, 4.69) is 10.3 Å². The Morgan fingerprint density at radius 2 is 1.96 bits per heavy atom. The maximum Gasteiger partial charge on any atom is 0.209 e. The van der Waals surface area contributed by atoms with Crippen molar-refractivity contribution in [2.24, 2.45) is 5.92 Å². The predicted octanol–water partition coefficient (Wildman–Crippen LogP) is 3.75. The second-order valence-electron chi connectivity index (χ2n) is 7.40. The molecule has 1 amide bonds. The number of hydrogen-bond donors (Lipinski definition) is 1. The SMILES string of the molecule is O=CN1CCC(NCCC2CCC(c3ncc(F)cc3Cl)CC2)CC1. The van der Waals surface area contributed by atoms with Gasteiger partial charge in [0.2, 0.25) is 6.41 Å². The molecule has 6 heteroatoms. The lowest BCUT2D eigenvalue weighted by Crippen LogP contribution is -2.42. The summed E-state index contributed by atoms with van der Waals surface area (Å²) in [6.07, 6.45) is 10.1. The van der Waals surface area contributed by atoms with Crippen LogP contribution in [0.4, 0.5) is 4.39 Å². The number of amides is 1. The standard InChI is InChI=1S/C19H27ClFN3O/c20-18-11-16(21)12-23-19(18)15-3-1-14(2-4-15)5-8-22-17-6-9-24(13-25)10-7-17/h11-15,17,22H,1-10H2. The van der Waals surface area contributed by atoms with Crippen molar-refractivity contribution in [2.45, 2.75) is 56.9 Å². The zero-order chi connectivity index (χ0) is 17.6. The van der Waals surface area contributed by atoms with Gasteiger partial charge in [-0.1, -0.05) is 11.6 Å². The van der Waals surface area contributed by atoms with Crippen molar-refractivity contribution in [3.63, 3.8) is 0 Å². The fraction of sp³-hybridized carbons (Fsp3) is 0.684. The van der Waals surface area contributed by atoms with Crippen molar-refractivity contribution < 1.29 is 9.18 Å². The highest BCUT2D eigenvalue weighted by Gasteiger charge is 2.25. The summed E-state index contributed by atoms with van der Waals surface area (Å²) < 4.78 is 13.1. The molecule has 0 atom stereocenters. The first kappa shape index (κ1) is 18.6. The molecule has 0 unspecified atom stereocenters. The van der Waals surface area contributed by atoms with Crippen LogP contribution in [0.1, 0.15) is 56.6 Å². The first-order chi connectivity index (χ1) is 12.2. The molecule has 2 aliphatic rings. The number of halogens is 2. The van der Waals surface area contributed by atoms with Gasteiger partial charge in [0.15, 0.2) is 0 Å². The lowest BCUT2D eigenvalue weighted by Gasteiger charge is -2.31. The Balaban J connectivity index is 1.36. The molecule has 1 saturated carbocycles. The summed E-state index contributed by atoms with van der Waals surface area (Å²) in [5.41, 5.74) is 0.863. The van der Waals surface area contributed by atoms with Crippen molar-refractivity contribution >= 4 is 18.0 Å². The highest BCUT2D eigenvalue weighted by Crippen LogP contribution is 2.38. The minimum absolute atomic E-state index is 0.366. The Kier molecular flexibility index (Phi) is 6.65. The minimum Gasteiger partial charge on any atom is -0.345 e. The smallest absolute Gasteiger partial charge is 0.209 e. The molecule has 1 aliphatic carbocycles. The van der Waals surface area contributed by atoms with Gasteiger partial charge >= 0.3 is 0 Å². The highest BCUT2D eigenvalue weighted by molar-refractivity contribution is 6.31. The van der Waals surface area contributed by atoms with Crippen LogP contribution >= 0.6 is 11.6 Å². The third kappa shape index (κ3) is 5.14. The Morgan fingerprint density at radius 3 is 2.60 bits per heavy atom.